The molecule has 0 unspecified atom stereocenters. The summed E-state index contributed by atoms with van der Waals surface area (Å²) in [5.41, 5.74) is 6.09. The lowest BCUT2D eigenvalue weighted by atomic mass is 9.99. The first-order chi connectivity index (χ1) is 16.1. The molecular formula is C25H29N5O3S. The molecule has 1 aliphatic rings. The fraction of sp³-hybridized carbons (Fsp3) is 0.320. The van der Waals surface area contributed by atoms with E-state index in [2.05, 4.69) is 53.3 Å². The number of benzene rings is 2. The second kappa shape index (κ2) is 9.52. The molecule has 1 aromatic heterocycles. The summed E-state index contributed by atoms with van der Waals surface area (Å²) in [4.78, 5) is 13.4. The third-order valence-electron chi connectivity index (χ3n) is 6.14. The number of hydrogen-bond acceptors (Lipinski definition) is 6. The second-order valence-corrected chi connectivity index (χ2v) is 10.6. The van der Waals surface area contributed by atoms with Gasteiger partial charge in [0, 0.05) is 44.4 Å². The molecular weight excluding hydrogens is 450 g/mol. The van der Waals surface area contributed by atoms with Gasteiger partial charge >= 0.3 is 0 Å². The Kier molecular flexibility index (Phi) is 6.67. The molecule has 2 heterocycles. The highest BCUT2D eigenvalue weighted by molar-refractivity contribution is 7.89. The predicted octanol–water partition coefficient (Wildman–Crippen LogP) is 3.54. The molecule has 3 aromatic rings. The number of sulfonamides is 1. The van der Waals surface area contributed by atoms with Crippen LogP contribution in [0.2, 0.25) is 0 Å². The lowest BCUT2D eigenvalue weighted by molar-refractivity contribution is -0.114. The van der Waals surface area contributed by atoms with Crippen molar-refractivity contribution < 1.29 is 13.2 Å². The van der Waals surface area contributed by atoms with E-state index in [1.165, 1.54) is 34.5 Å². The van der Waals surface area contributed by atoms with E-state index in [0.29, 0.717) is 31.9 Å². The van der Waals surface area contributed by atoms with Crippen LogP contribution in [0.5, 0.6) is 0 Å². The van der Waals surface area contributed by atoms with Gasteiger partial charge in [0.2, 0.25) is 15.9 Å². The van der Waals surface area contributed by atoms with Crippen LogP contribution in [0.3, 0.4) is 0 Å². The van der Waals surface area contributed by atoms with Gasteiger partial charge in [0.05, 0.1) is 10.6 Å². The summed E-state index contributed by atoms with van der Waals surface area (Å²) in [5.74, 6) is 0.536. The Morgan fingerprint density at radius 3 is 2.09 bits per heavy atom. The van der Waals surface area contributed by atoms with Crippen LogP contribution < -0.4 is 10.2 Å². The van der Waals surface area contributed by atoms with Crippen molar-refractivity contribution in [3.05, 3.63) is 65.2 Å². The lowest BCUT2D eigenvalue weighted by Crippen LogP contribution is -2.49. The number of anilines is 2. The van der Waals surface area contributed by atoms with Crippen molar-refractivity contribution >= 4 is 27.4 Å². The minimum Gasteiger partial charge on any atom is -0.352 e. The highest BCUT2D eigenvalue weighted by Gasteiger charge is 2.29. The van der Waals surface area contributed by atoms with Gasteiger partial charge in [0.15, 0.2) is 5.82 Å². The summed E-state index contributed by atoms with van der Waals surface area (Å²) < 4.78 is 27.6. The van der Waals surface area contributed by atoms with E-state index in [1.807, 2.05) is 12.1 Å². The quantitative estimate of drug-likeness (QED) is 0.601. The maximum atomic E-state index is 13.0. The molecule has 9 heteroatoms. The van der Waals surface area contributed by atoms with Crippen LogP contribution in [0.4, 0.5) is 11.5 Å². The summed E-state index contributed by atoms with van der Waals surface area (Å²) in [6.07, 6.45) is 0. The average Bonchev–Trinajstić information content (AvgIpc) is 2.82. The van der Waals surface area contributed by atoms with E-state index in [-0.39, 0.29) is 10.8 Å². The summed E-state index contributed by atoms with van der Waals surface area (Å²) in [6, 6.07) is 14.4. The molecule has 4 rings (SSSR count). The van der Waals surface area contributed by atoms with Crippen molar-refractivity contribution in [1.29, 1.82) is 0 Å². The number of hydrogen-bond donors (Lipinski definition) is 1. The topological polar surface area (TPSA) is 95.5 Å². The van der Waals surface area contributed by atoms with Crippen LogP contribution in [-0.4, -0.2) is 55.0 Å². The van der Waals surface area contributed by atoms with Gasteiger partial charge < -0.3 is 10.2 Å². The van der Waals surface area contributed by atoms with Gasteiger partial charge in [0.25, 0.3) is 0 Å². The van der Waals surface area contributed by atoms with Crippen LogP contribution in [0.25, 0.3) is 11.3 Å². The van der Waals surface area contributed by atoms with Crippen LogP contribution in [0.15, 0.2) is 53.4 Å². The maximum Gasteiger partial charge on any atom is 0.243 e. The number of nitrogens with one attached hydrogen (secondary N) is 1. The maximum absolute atomic E-state index is 13.0. The minimum atomic E-state index is -3.61. The summed E-state index contributed by atoms with van der Waals surface area (Å²) in [6.45, 7) is 9.44. The van der Waals surface area contributed by atoms with E-state index in [0.717, 1.165) is 22.6 Å². The number of aryl methyl sites for hydroxylation is 3. The molecule has 2 aromatic carbocycles. The summed E-state index contributed by atoms with van der Waals surface area (Å²) in [7, 11) is -3.61. The molecule has 0 atom stereocenters. The Morgan fingerprint density at radius 1 is 0.853 bits per heavy atom. The molecule has 8 nitrogen and oxygen atoms in total. The first-order valence-corrected chi connectivity index (χ1v) is 12.6. The van der Waals surface area contributed by atoms with Gasteiger partial charge in [-0.25, -0.2) is 8.42 Å². The van der Waals surface area contributed by atoms with Gasteiger partial charge in [0.1, 0.15) is 0 Å². The zero-order valence-corrected chi connectivity index (χ0v) is 20.7. The third-order valence-corrected chi connectivity index (χ3v) is 8.06. The highest BCUT2D eigenvalue weighted by atomic mass is 32.2. The molecule has 1 aliphatic heterocycles. The number of aromatic nitrogens is 2. The van der Waals surface area contributed by atoms with Crippen LogP contribution >= 0.6 is 0 Å². The first-order valence-electron chi connectivity index (χ1n) is 11.2. The SMILES string of the molecule is CC(=O)Nc1ccc(S(=O)(=O)N2CCN(c3ccc(-c4cc(C)c(C)cc4C)nn3)CC2)cc1. The monoisotopic (exact) mass is 479 g/mol. The Balaban J connectivity index is 1.42. The number of piperazine rings is 1. The van der Waals surface area contributed by atoms with E-state index in [4.69, 9.17) is 0 Å². The highest BCUT2D eigenvalue weighted by Crippen LogP contribution is 2.26. The van der Waals surface area contributed by atoms with Gasteiger partial charge in [-0.2, -0.15) is 4.31 Å². The molecule has 1 N–H and O–H groups in total. The molecule has 178 valence electrons. The Morgan fingerprint density at radius 2 is 1.50 bits per heavy atom. The van der Waals surface area contributed by atoms with E-state index >= 15 is 0 Å². The number of amides is 1. The molecule has 1 fully saturated rings. The number of carbonyl (C=O) groups excluding carboxylic acids is 1. The zero-order chi connectivity index (χ0) is 24.5. The smallest absolute Gasteiger partial charge is 0.243 e. The van der Waals surface area contributed by atoms with Crippen molar-refractivity contribution in [2.24, 2.45) is 0 Å². The average molecular weight is 480 g/mol. The fourth-order valence-electron chi connectivity index (χ4n) is 4.09. The van der Waals surface area contributed by atoms with Crippen LogP contribution in [0.1, 0.15) is 23.6 Å². The van der Waals surface area contributed by atoms with E-state index in [9.17, 15) is 13.2 Å². The molecule has 1 saturated heterocycles. The van der Waals surface area contributed by atoms with Crippen molar-refractivity contribution in [3.63, 3.8) is 0 Å². The van der Waals surface area contributed by atoms with Crippen molar-refractivity contribution in [2.75, 3.05) is 36.4 Å². The standard InChI is InChI=1S/C25H29N5O3S/c1-17-15-19(3)23(16-18(17)2)24-9-10-25(28-27-24)29-11-13-30(14-12-29)34(32,33)22-7-5-21(6-8-22)26-20(4)31/h5-10,15-16H,11-14H2,1-4H3,(H,26,31). The first kappa shape index (κ1) is 23.8. The Bertz CT molecular complexity index is 1300. The lowest BCUT2D eigenvalue weighted by Gasteiger charge is -2.34. The van der Waals surface area contributed by atoms with Crippen LogP contribution in [-0.2, 0) is 14.8 Å². The number of carbonyl (C=O) groups is 1. The van der Waals surface area contributed by atoms with Gasteiger partial charge in [-0.05, 0) is 79.9 Å². The molecule has 0 bridgehead atoms. The van der Waals surface area contributed by atoms with Crippen molar-refractivity contribution in [3.8, 4) is 11.3 Å². The number of nitrogens with zero attached hydrogens (tertiary/aromatic N) is 4. The van der Waals surface area contributed by atoms with Crippen molar-refractivity contribution in [1.82, 2.24) is 14.5 Å². The largest absolute Gasteiger partial charge is 0.352 e. The zero-order valence-electron chi connectivity index (χ0n) is 19.9. The van der Waals surface area contributed by atoms with Gasteiger partial charge in [-0.15, -0.1) is 10.2 Å². The minimum absolute atomic E-state index is 0.202. The van der Waals surface area contributed by atoms with Crippen molar-refractivity contribution in [2.45, 2.75) is 32.6 Å². The number of rotatable bonds is 5. The normalized spacial score (nSPS) is 14.8. The van der Waals surface area contributed by atoms with Crippen LogP contribution in [0, 0.1) is 20.8 Å². The molecule has 0 spiro atoms. The second-order valence-electron chi connectivity index (χ2n) is 8.62. The summed E-state index contributed by atoms with van der Waals surface area (Å²) >= 11 is 0. The van der Waals surface area contributed by atoms with Gasteiger partial charge in [-0.1, -0.05) is 6.07 Å². The molecule has 1 amide bonds. The molecule has 0 saturated carbocycles. The molecule has 34 heavy (non-hydrogen) atoms. The Labute approximate surface area is 200 Å². The Hall–Kier alpha value is -3.30. The predicted molar refractivity (Wildman–Crippen MR) is 133 cm³/mol. The molecule has 0 radical (unpaired) electrons. The van der Waals surface area contributed by atoms with E-state index < -0.39 is 10.0 Å². The van der Waals surface area contributed by atoms with E-state index in [1.54, 1.807) is 12.1 Å². The summed E-state index contributed by atoms with van der Waals surface area (Å²) in [5, 5.41) is 11.5. The third kappa shape index (κ3) is 4.95. The fourth-order valence-corrected chi connectivity index (χ4v) is 5.52. The van der Waals surface area contributed by atoms with Gasteiger partial charge in [-0.3, -0.25) is 4.79 Å². The molecule has 0 aliphatic carbocycles.